The van der Waals surface area contributed by atoms with Gasteiger partial charge in [-0.3, -0.25) is 0 Å². The minimum absolute atomic E-state index is 0.0127. The highest BCUT2D eigenvalue weighted by atomic mass is 79.9. The fourth-order valence-electron chi connectivity index (χ4n) is 1.22. The molecular weight excluding hydrogens is 338 g/mol. The predicted molar refractivity (Wildman–Crippen MR) is 67.3 cm³/mol. The summed E-state index contributed by atoms with van der Waals surface area (Å²) < 4.78 is 48.7. The fraction of sp³-hybridized carbons (Fsp3) is 0.400. The zero-order valence-electron chi connectivity index (χ0n) is 9.05. The van der Waals surface area contributed by atoms with E-state index in [1.807, 2.05) is 0 Å². The number of halogens is 4. The standard InChI is InChI=1S/C10H10BrClF2O2S/c1-5(17(2,15)16)10(11)6-3-8(13)9(14)4-7(6)12/h3-5,10H,1-2H3. The Morgan fingerprint density at radius 1 is 1.29 bits per heavy atom. The first-order valence-electron chi connectivity index (χ1n) is 4.62. The first-order chi connectivity index (χ1) is 7.64. The molecule has 0 fully saturated rings. The maximum absolute atomic E-state index is 13.1. The molecule has 96 valence electrons. The van der Waals surface area contributed by atoms with Crippen LogP contribution in [0, 0.1) is 11.6 Å². The van der Waals surface area contributed by atoms with Crippen molar-refractivity contribution in [2.24, 2.45) is 0 Å². The molecule has 1 aromatic carbocycles. The summed E-state index contributed by atoms with van der Waals surface area (Å²) in [5, 5.41) is -0.814. The molecule has 0 aromatic heterocycles. The van der Waals surface area contributed by atoms with Crippen LogP contribution < -0.4 is 0 Å². The molecule has 0 saturated carbocycles. The highest BCUT2D eigenvalue weighted by Crippen LogP contribution is 2.35. The van der Waals surface area contributed by atoms with E-state index in [1.165, 1.54) is 6.92 Å². The predicted octanol–water partition coefficient (Wildman–Crippen LogP) is 3.49. The molecule has 2 unspecified atom stereocenters. The van der Waals surface area contributed by atoms with Crippen LogP contribution in [0.3, 0.4) is 0 Å². The van der Waals surface area contributed by atoms with Gasteiger partial charge in [0.15, 0.2) is 21.5 Å². The lowest BCUT2D eigenvalue weighted by atomic mass is 10.1. The van der Waals surface area contributed by atoms with Crippen molar-refractivity contribution < 1.29 is 17.2 Å². The molecule has 0 aliphatic heterocycles. The number of rotatable bonds is 3. The van der Waals surface area contributed by atoms with Gasteiger partial charge >= 0.3 is 0 Å². The van der Waals surface area contributed by atoms with E-state index < -0.39 is 31.5 Å². The van der Waals surface area contributed by atoms with Crippen LogP contribution in [-0.4, -0.2) is 19.9 Å². The Kier molecular flexibility index (Phi) is 4.54. The van der Waals surface area contributed by atoms with E-state index in [1.54, 1.807) is 0 Å². The lowest BCUT2D eigenvalue weighted by Gasteiger charge is -2.18. The monoisotopic (exact) mass is 346 g/mol. The van der Waals surface area contributed by atoms with E-state index in [2.05, 4.69) is 15.9 Å². The summed E-state index contributed by atoms with van der Waals surface area (Å²) in [7, 11) is -3.31. The van der Waals surface area contributed by atoms with Crippen molar-refractivity contribution in [3.05, 3.63) is 34.4 Å². The Morgan fingerprint density at radius 3 is 2.24 bits per heavy atom. The molecule has 0 spiro atoms. The van der Waals surface area contributed by atoms with Crippen molar-refractivity contribution in [3.8, 4) is 0 Å². The van der Waals surface area contributed by atoms with E-state index in [-0.39, 0.29) is 10.6 Å². The quantitative estimate of drug-likeness (QED) is 0.619. The molecule has 17 heavy (non-hydrogen) atoms. The molecule has 0 aliphatic rings. The molecule has 0 amide bonds. The second kappa shape index (κ2) is 5.20. The summed E-state index contributed by atoms with van der Waals surface area (Å²) in [6.07, 6.45) is 1.07. The summed E-state index contributed by atoms with van der Waals surface area (Å²) >= 11 is 8.90. The van der Waals surface area contributed by atoms with E-state index in [0.29, 0.717) is 0 Å². The minimum atomic E-state index is -3.31. The summed E-state index contributed by atoms with van der Waals surface area (Å²) in [6.45, 7) is 1.46. The smallest absolute Gasteiger partial charge is 0.160 e. The highest BCUT2D eigenvalue weighted by molar-refractivity contribution is 9.09. The van der Waals surface area contributed by atoms with Crippen molar-refractivity contribution in [2.75, 3.05) is 6.26 Å². The summed E-state index contributed by atoms with van der Waals surface area (Å²) in [5.74, 6) is -2.12. The van der Waals surface area contributed by atoms with Crippen LogP contribution in [0.1, 0.15) is 17.3 Å². The highest BCUT2D eigenvalue weighted by Gasteiger charge is 2.27. The van der Waals surface area contributed by atoms with E-state index in [4.69, 9.17) is 11.6 Å². The van der Waals surface area contributed by atoms with Crippen molar-refractivity contribution in [1.29, 1.82) is 0 Å². The average molecular weight is 348 g/mol. The minimum Gasteiger partial charge on any atom is -0.229 e. The lowest BCUT2D eigenvalue weighted by Crippen LogP contribution is -2.21. The van der Waals surface area contributed by atoms with Crippen LogP contribution >= 0.6 is 27.5 Å². The van der Waals surface area contributed by atoms with Crippen LogP contribution in [0.2, 0.25) is 5.02 Å². The van der Waals surface area contributed by atoms with Gasteiger partial charge in [-0.05, 0) is 24.6 Å². The van der Waals surface area contributed by atoms with Gasteiger partial charge in [0.05, 0.1) is 10.1 Å². The summed E-state index contributed by atoms with van der Waals surface area (Å²) in [4.78, 5) is -0.694. The van der Waals surface area contributed by atoms with Gasteiger partial charge in [0, 0.05) is 11.3 Å². The van der Waals surface area contributed by atoms with Crippen molar-refractivity contribution in [1.82, 2.24) is 0 Å². The van der Waals surface area contributed by atoms with Crippen LogP contribution in [0.25, 0.3) is 0 Å². The Balaban J connectivity index is 3.22. The second-order valence-electron chi connectivity index (χ2n) is 3.72. The molecule has 0 aliphatic carbocycles. The molecule has 2 nitrogen and oxygen atoms in total. The van der Waals surface area contributed by atoms with Gasteiger partial charge in [0.25, 0.3) is 0 Å². The van der Waals surface area contributed by atoms with Crippen LogP contribution in [0.5, 0.6) is 0 Å². The van der Waals surface area contributed by atoms with Crippen LogP contribution in [0.4, 0.5) is 8.78 Å². The van der Waals surface area contributed by atoms with Crippen LogP contribution in [-0.2, 0) is 9.84 Å². The number of hydrogen-bond donors (Lipinski definition) is 0. The first-order valence-corrected chi connectivity index (χ1v) is 7.86. The second-order valence-corrected chi connectivity index (χ2v) is 7.52. The zero-order valence-corrected chi connectivity index (χ0v) is 12.2. The number of benzene rings is 1. The van der Waals surface area contributed by atoms with Gasteiger partial charge in [-0.25, -0.2) is 17.2 Å². The zero-order chi connectivity index (χ0) is 13.4. The molecule has 1 rings (SSSR count). The third kappa shape index (κ3) is 3.39. The van der Waals surface area contributed by atoms with Crippen molar-refractivity contribution in [3.63, 3.8) is 0 Å². The molecule has 0 radical (unpaired) electrons. The molecule has 0 heterocycles. The first kappa shape index (κ1) is 14.9. The van der Waals surface area contributed by atoms with Gasteiger partial charge in [0.1, 0.15) is 0 Å². The van der Waals surface area contributed by atoms with Crippen LogP contribution in [0.15, 0.2) is 12.1 Å². The van der Waals surface area contributed by atoms with Gasteiger partial charge in [-0.15, -0.1) is 0 Å². The van der Waals surface area contributed by atoms with Gasteiger partial charge < -0.3 is 0 Å². The summed E-state index contributed by atoms with van der Waals surface area (Å²) in [5.41, 5.74) is 0.212. The fourth-order valence-corrected chi connectivity index (χ4v) is 3.75. The van der Waals surface area contributed by atoms with Crippen molar-refractivity contribution in [2.45, 2.75) is 17.0 Å². The molecule has 0 saturated heterocycles. The molecule has 0 bridgehead atoms. The maximum atomic E-state index is 13.1. The van der Waals surface area contributed by atoms with E-state index >= 15 is 0 Å². The Morgan fingerprint density at radius 2 is 1.76 bits per heavy atom. The maximum Gasteiger partial charge on any atom is 0.160 e. The average Bonchev–Trinajstić information content (AvgIpc) is 2.20. The van der Waals surface area contributed by atoms with Gasteiger partial charge in [0.2, 0.25) is 0 Å². The number of alkyl halides is 1. The molecule has 7 heteroatoms. The van der Waals surface area contributed by atoms with E-state index in [9.17, 15) is 17.2 Å². The SMILES string of the molecule is CC(C(Br)c1cc(F)c(F)cc1Cl)S(C)(=O)=O. The Bertz CT molecular complexity index is 533. The topological polar surface area (TPSA) is 34.1 Å². The summed E-state index contributed by atoms with van der Waals surface area (Å²) in [6, 6.07) is 1.73. The number of hydrogen-bond acceptors (Lipinski definition) is 2. The molecular formula is C10H10BrClF2O2S. The number of sulfone groups is 1. The van der Waals surface area contributed by atoms with Gasteiger partial charge in [-0.1, -0.05) is 27.5 Å². The Labute approximate surface area is 112 Å². The molecule has 1 aromatic rings. The molecule has 2 atom stereocenters. The molecule has 0 N–H and O–H groups in total. The third-order valence-electron chi connectivity index (χ3n) is 2.42. The van der Waals surface area contributed by atoms with E-state index in [0.717, 1.165) is 18.4 Å². The third-order valence-corrected chi connectivity index (χ3v) is 6.01. The largest absolute Gasteiger partial charge is 0.229 e. The lowest BCUT2D eigenvalue weighted by molar-refractivity contribution is 0.507. The Hall–Kier alpha value is -0.200. The van der Waals surface area contributed by atoms with Crippen molar-refractivity contribution >= 4 is 37.4 Å². The normalized spacial score (nSPS) is 15.6. The van der Waals surface area contributed by atoms with Gasteiger partial charge in [-0.2, -0.15) is 0 Å².